The van der Waals surface area contributed by atoms with Crippen molar-refractivity contribution in [3.05, 3.63) is 71.6 Å². The highest BCUT2D eigenvalue weighted by atomic mass is 127. The van der Waals surface area contributed by atoms with Gasteiger partial charge in [-0.25, -0.2) is 4.98 Å². The molecular formula is C22H29IN6S. The summed E-state index contributed by atoms with van der Waals surface area (Å²) in [5.74, 6) is 1.99. The van der Waals surface area contributed by atoms with Crippen LogP contribution in [0.5, 0.6) is 0 Å². The minimum absolute atomic E-state index is 0. The second-order valence-electron chi connectivity index (χ2n) is 7.10. The standard InChI is InChI=1S/C22H28N6S.HI/c1-23-22(28-15-13-27(14-16-28)21-8-5-17-29-21)25-18-20-24-10-12-26(20)11-9-19-6-3-2-4-7-19;/h2-8,10,12,17H,9,11,13-16,18H2,1H3,(H,23,25);1H. The number of anilines is 1. The van der Waals surface area contributed by atoms with E-state index in [0.717, 1.165) is 50.9 Å². The van der Waals surface area contributed by atoms with Crippen LogP contribution in [0.25, 0.3) is 0 Å². The van der Waals surface area contributed by atoms with Gasteiger partial charge in [0.15, 0.2) is 5.96 Å². The fourth-order valence-electron chi connectivity index (χ4n) is 3.68. The van der Waals surface area contributed by atoms with Crippen molar-refractivity contribution in [2.24, 2.45) is 4.99 Å². The number of aryl methyl sites for hydroxylation is 2. The second kappa shape index (κ2) is 11.4. The Morgan fingerprint density at radius 1 is 1.10 bits per heavy atom. The molecule has 3 aromatic rings. The average molecular weight is 536 g/mol. The zero-order valence-electron chi connectivity index (χ0n) is 17.3. The van der Waals surface area contributed by atoms with Gasteiger partial charge in [-0.05, 0) is 29.5 Å². The maximum Gasteiger partial charge on any atom is 0.194 e. The molecule has 0 amide bonds. The van der Waals surface area contributed by atoms with Crippen LogP contribution in [0.4, 0.5) is 5.00 Å². The fraction of sp³-hybridized carbons (Fsp3) is 0.364. The number of guanidine groups is 1. The van der Waals surface area contributed by atoms with Crippen molar-refractivity contribution in [1.29, 1.82) is 0 Å². The van der Waals surface area contributed by atoms with Crippen molar-refractivity contribution in [2.45, 2.75) is 19.5 Å². The van der Waals surface area contributed by atoms with Gasteiger partial charge in [0.05, 0.1) is 11.5 Å². The summed E-state index contributed by atoms with van der Waals surface area (Å²) in [6.45, 7) is 5.60. The van der Waals surface area contributed by atoms with Gasteiger partial charge in [0, 0.05) is 52.2 Å². The quantitative estimate of drug-likeness (QED) is 0.297. The van der Waals surface area contributed by atoms with Crippen LogP contribution in [0.3, 0.4) is 0 Å². The largest absolute Gasteiger partial charge is 0.360 e. The molecule has 1 aliphatic heterocycles. The lowest BCUT2D eigenvalue weighted by Crippen LogP contribution is -2.52. The first-order valence-electron chi connectivity index (χ1n) is 10.1. The highest BCUT2D eigenvalue weighted by molar-refractivity contribution is 14.0. The molecule has 0 bridgehead atoms. The minimum atomic E-state index is 0. The predicted molar refractivity (Wildman–Crippen MR) is 136 cm³/mol. The molecule has 6 nitrogen and oxygen atoms in total. The number of hydrogen-bond acceptors (Lipinski definition) is 4. The topological polar surface area (TPSA) is 48.7 Å². The maximum atomic E-state index is 4.55. The smallest absolute Gasteiger partial charge is 0.194 e. The monoisotopic (exact) mass is 536 g/mol. The van der Waals surface area contributed by atoms with Crippen molar-refractivity contribution in [1.82, 2.24) is 19.8 Å². The molecule has 160 valence electrons. The van der Waals surface area contributed by atoms with Crippen LogP contribution in [0.1, 0.15) is 11.4 Å². The molecule has 0 saturated carbocycles. The van der Waals surface area contributed by atoms with Crippen LogP contribution in [-0.2, 0) is 19.5 Å². The van der Waals surface area contributed by atoms with Gasteiger partial charge in [-0.3, -0.25) is 4.99 Å². The first-order chi connectivity index (χ1) is 14.3. The molecule has 4 rings (SSSR count). The number of hydrogen-bond donors (Lipinski definition) is 1. The lowest BCUT2D eigenvalue weighted by atomic mass is 10.1. The number of halogens is 1. The van der Waals surface area contributed by atoms with Crippen LogP contribution in [0.2, 0.25) is 0 Å². The van der Waals surface area contributed by atoms with E-state index in [9.17, 15) is 0 Å². The van der Waals surface area contributed by atoms with E-state index in [1.165, 1.54) is 10.6 Å². The van der Waals surface area contributed by atoms with E-state index in [4.69, 9.17) is 0 Å². The number of piperazine rings is 1. The first-order valence-corrected chi connectivity index (χ1v) is 11.0. The third-order valence-electron chi connectivity index (χ3n) is 5.30. The summed E-state index contributed by atoms with van der Waals surface area (Å²) in [5, 5.41) is 7.00. The van der Waals surface area contributed by atoms with E-state index in [2.05, 4.69) is 83.7 Å². The van der Waals surface area contributed by atoms with Crippen LogP contribution < -0.4 is 10.2 Å². The molecule has 8 heteroatoms. The summed E-state index contributed by atoms with van der Waals surface area (Å²) in [6.07, 6.45) is 4.94. The Kier molecular flexibility index (Phi) is 8.56. The Balaban J connectivity index is 0.00000256. The Hall–Kier alpha value is -2.07. The van der Waals surface area contributed by atoms with E-state index in [-0.39, 0.29) is 24.0 Å². The molecule has 0 radical (unpaired) electrons. The van der Waals surface area contributed by atoms with Gasteiger partial charge in [-0.1, -0.05) is 30.3 Å². The summed E-state index contributed by atoms with van der Waals surface area (Å²) in [6, 6.07) is 14.9. The number of nitrogens with zero attached hydrogens (tertiary/aromatic N) is 5. The first kappa shape index (κ1) is 22.6. The van der Waals surface area contributed by atoms with Gasteiger partial charge in [-0.2, -0.15) is 0 Å². The maximum absolute atomic E-state index is 4.55. The van der Waals surface area contributed by atoms with Gasteiger partial charge < -0.3 is 19.7 Å². The molecule has 0 unspecified atom stereocenters. The highest BCUT2D eigenvalue weighted by Crippen LogP contribution is 2.22. The van der Waals surface area contributed by atoms with E-state index in [1.54, 1.807) is 0 Å². The number of nitrogens with one attached hydrogen (secondary N) is 1. The zero-order chi connectivity index (χ0) is 19.9. The molecule has 1 saturated heterocycles. The van der Waals surface area contributed by atoms with Crippen molar-refractivity contribution in [3.63, 3.8) is 0 Å². The van der Waals surface area contributed by atoms with E-state index < -0.39 is 0 Å². The van der Waals surface area contributed by atoms with Gasteiger partial charge in [-0.15, -0.1) is 35.3 Å². The number of thiophene rings is 1. The molecule has 2 aromatic heterocycles. The molecular weight excluding hydrogens is 507 g/mol. The summed E-state index contributed by atoms with van der Waals surface area (Å²) < 4.78 is 2.22. The number of benzene rings is 1. The Morgan fingerprint density at radius 3 is 2.60 bits per heavy atom. The van der Waals surface area contributed by atoms with Crippen molar-refractivity contribution >= 4 is 46.3 Å². The van der Waals surface area contributed by atoms with Crippen molar-refractivity contribution in [3.8, 4) is 0 Å². The molecule has 3 heterocycles. The van der Waals surface area contributed by atoms with Crippen LogP contribution in [0.15, 0.2) is 65.2 Å². The minimum Gasteiger partial charge on any atom is -0.360 e. The average Bonchev–Trinajstić information content (AvgIpc) is 3.46. The van der Waals surface area contributed by atoms with Crippen LogP contribution in [0, 0.1) is 0 Å². The van der Waals surface area contributed by atoms with Crippen molar-refractivity contribution < 1.29 is 0 Å². The van der Waals surface area contributed by atoms with Gasteiger partial charge in [0.2, 0.25) is 0 Å². The third kappa shape index (κ3) is 5.75. The predicted octanol–water partition coefficient (Wildman–Crippen LogP) is 3.70. The third-order valence-corrected chi connectivity index (χ3v) is 6.23. The normalized spacial score (nSPS) is 14.5. The number of imidazole rings is 1. The molecule has 0 atom stereocenters. The van der Waals surface area contributed by atoms with E-state index in [1.807, 2.05) is 24.6 Å². The fourth-order valence-corrected chi connectivity index (χ4v) is 4.47. The van der Waals surface area contributed by atoms with Crippen LogP contribution >= 0.6 is 35.3 Å². The molecule has 1 N–H and O–H groups in total. The molecule has 0 spiro atoms. The Bertz CT molecular complexity index is 901. The summed E-state index contributed by atoms with van der Waals surface area (Å²) in [4.78, 5) is 13.8. The highest BCUT2D eigenvalue weighted by Gasteiger charge is 2.20. The Morgan fingerprint density at radius 2 is 1.90 bits per heavy atom. The lowest BCUT2D eigenvalue weighted by molar-refractivity contribution is 0.372. The number of aromatic nitrogens is 2. The molecule has 1 aliphatic rings. The summed E-state index contributed by atoms with van der Waals surface area (Å²) >= 11 is 1.81. The molecule has 30 heavy (non-hydrogen) atoms. The SMILES string of the molecule is CN=C(NCc1nccn1CCc1ccccc1)N1CCN(c2cccs2)CC1.I. The molecule has 0 aliphatic carbocycles. The van der Waals surface area contributed by atoms with Crippen molar-refractivity contribution in [2.75, 3.05) is 38.1 Å². The zero-order valence-corrected chi connectivity index (χ0v) is 20.4. The summed E-state index contributed by atoms with van der Waals surface area (Å²) in [5.41, 5.74) is 1.35. The molecule has 1 fully saturated rings. The van der Waals surface area contributed by atoms with E-state index >= 15 is 0 Å². The summed E-state index contributed by atoms with van der Waals surface area (Å²) in [7, 11) is 1.86. The number of aliphatic imine (C=N–C) groups is 1. The lowest BCUT2D eigenvalue weighted by Gasteiger charge is -2.37. The second-order valence-corrected chi connectivity index (χ2v) is 8.02. The van der Waals surface area contributed by atoms with Gasteiger partial charge in [0.1, 0.15) is 5.82 Å². The van der Waals surface area contributed by atoms with Gasteiger partial charge >= 0.3 is 0 Å². The van der Waals surface area contributed by atoms with Crippen LogP contribution in [-0.4, -0.2) is 53.6 Å². The number of rotatable bonds is 6. The molecule has 1 aromatic carbocycles. The van der Waals surface area contributed by atoms with Gasteiger partial charge in [0.25, 0.3) is 0 Å². The van der Waals surface area contributed by atoms with E-state index in [0.29, 0.717) is 6.54 Å². The Labute approximate surface area is 199 Å².